The Morgan fingerprint density at radius 2 is 1.70 bits per heavy atom. The summed E-state index contributed by atoms with van der Waals surface area (Å²) in [6, 6.07) is -0.689. The van der Waals surface area contributed by atoms with Gasteiger partial charge in [0.25, 0.3) is 0 Å². The van der Waals surface area contributed by atoms with Gasteiger partial charge in [0.2, 0.25) is 0 Å². The van der Waals surface area contributed by atoms with Crippen LogP contribution in [0.1, 0.15) is 66.2 Å². The first kappa shape index (κ1) is 21.8. The summed E-state index contributed by atoms with van der Waals surface area (Å²) in [7, 11) is 0. The predicted molar refractivity (Wildman–Crippen MR) is 85.8 cm³/mol. The van der Waals surface area contributed by atoms with E-state index in [1.807, 2.05) is 6.92 Å². The summed E-state index contributed by atoms with van der Waals surface area (Å²) in [5, 5.41) is 30.2. The van der Waals surface area contributed by atoms with Crippen LogP contribution in [0.3, 0.4) is 0 Å². The number of unbranched alkanes of at least 4 members (excludes halogenated alkanes) is 1. The molecule has 0 aromatic rings. The first-order valence-corrected chi connectivity index (χ1v) is 8.13. The number of nitrogens with one attached hydrogen (secondary N) is 1. The molecule has 0 aliphatic carbocycles. The van der Waals surface area contributed by atoms with Crippen LogP contribution in [0.15, 0.2) is 0 Å². The zero-order valence-corrected chi connectivity index (χ0v) is 14.5. The molecule has 7 nitrogen and oxygen atoms in total. The Kier molecular flexibility index (Phi) is 10.0. The third-order valence-corrected chi connectivity index (χ3v) is 3.15. The number of Topliss-reactive ketones (excluding diaryl/α,β-unsaturated/α-hetero) is 1. The van der Waals surface area contributed by atoms with Crippen molar-refractivity contribution < 1.29 is 29.6 Å². The van der Waals surface area contributed by atoms with Crippen LogP contribution in [0, 0.1) is 0 Å². The highest BCUT2D eigenvalue weighted by molar-refractivity contribution is 5.84. The Morgan fingerprint density at radius 1 is 1.09 bits per heavy atom. The normalized spacial score (nSPS) is 14.4. The monoisotopic (exact) mass is 333 g/mol. The molecule has 0 rings (SSSR count). The topological polar surface area (TPSA) is 116 Å². The molecule has 2 unspecified atom stereocenters. The number of ketones is 1. The number of aliphatic hydroxyl groups is 3. The van der Waals surface area contributed by atoms with Gasteiger partial charge in [-0.1, -0.05) is 13.3 Å². The van der Waals surface area contributed by atoms with Crippen molar-refractivity contribution in [2.24, 2.45) is 0 Å². The molecule has 4 N–H and O–H groups in total. The first-order chi connectivity index (χ1) is 10.6. The van der Waals surface area contributed by atoms with Crippen molar-refractivity contribution in [2.45, 2.75) is 90.3 Å². The van der Waals surface area contributed by atoms with E-state index in [1.165, 1.54) is 0 Å². The summed E-state index contributed by atoms with van der Waals surface area (Å²) >= 11 is 0. The smallest absolute Gasteiger partial charge is 0.407 e. The van der Waals surface area contributed by atoms with Gasteiger partial charge in [-0.3, -0.25) is 4.79 Å². The summed E-state index contributed by atoms with van der Waals surface area (Å²) in [4.78, 5) is 23.8. The third-order valence-electron chi connectivity index (χ3n) is 3.15. The van der Waals surface area contributed by atoms with Gasteiger partial charge in [0.05, 0.1) is 6.04 Å². The van der Waals surface area contributed by atoms with E-state index in [2.05, 4.69) is 5.32 Å². The van der Waals surface area contributed by atoms with Crippen LogP contribution in [0.4, 0.5) is 4.79 Å². The summed E-state index contributed by atoms with van der Waals surface area (Å²) in [6.45, 7) is 7.10. The Bertz CT molecular complexity index is 364. The lowest BCUT2D eigenvalue weighted by atomic mass is 9.98. The number of carbonyl (C=O) groups is 2. The Hall–Kier alpha value is -1.18. The fourth-order valence-electron chi connectivity index (χ4n) is 2.08. The predicted octanol–water partition coefficient (Wildman–Crippen LogP) is 1.48. The van der Waals surface area contributed by atoms with Crippen molar-refractivity contribution in [1.29, 1.82) is 0 Å². The van der Waals surface area contributed by atoms with Crippen LogP contribution in [0.2, 0.25) is 0 Å². The van der Waals surface area contributed by atoms with Gasteiger partial charge in [-0.2, -0.15) is 0 Å². The highest BCUT2D eigenvalue weighted by Crippen LogP contribution is 2.12. The van der Waals surface area contributed by atoms with Crippen LogP contribution in [0.5, 0.6) is 0 Å². The Balaban J connectivity index is 4.44. The second kappa shape index (κ2) is 10.6. The standard InChI is InChI=1S/C16H31NO6/c1-5-8-11(17-15(22)23-16(2,3)4)14(21)12(18)9-6-7-10-13(19)20/h11,13-14,19-21H,5-10H2,1-4H3,(H,17,22). The Morgan fingerprint density at radius 3 is 2.17 bits per heavy atom. The summed E-state index contributed by atoms with van der Waals surface area (Å²) < 4.78 is 5.14. The molecule has 0 radical (unpaired) electrons. The molecule has 0 aromatic heterocycles. The number of hydrogen-bond donors (Lipinski definition) is 4. The number of hydrogen-bond acceptors (Lipinski definition) is 6. The van der Waals surface area contributed by atoms with Crippen LogP contribution >= 0.6 is 0 Å². The molecule has 0 aromatic carbocycles. The number of amides is 1. The number of carbonyl (C=O) groups excluding carboxylic acids is 2. The van der Waals surface area contributed by atoms with Crippen molar-refractivity contribution in [3.8, 4) is 0 Å². The summed E-state index contributed by atoms with van der Waals surface area (Å²) in [6.07, 6.45) is -0.915. The molecule has 0 aliphatic heterocycles. The molecule has 0 heterocycles. The maximum atomic E-state index is 12.0. The van der Waals surface area contributed by atoms with Gasteiger partial charge in [-0.15, -0.1) is 0 Å². The average molecular weight is 333 g/mol. The zero-order valence-electron chi connectivity index (χ0n) is 14.5. The second-order valence-corrected chi connectivity index (χ2v) is 6.68. The van der Waals surface area contributed by atoms with E-state index in [1.54, 1.807) is 20.8 Å². The van der Waals surface area contributed by atoms with Gasteiger partial charge >= 0.3 is 6.09 Å². The van der Waals surface area contributed by atoms with Crippen LogP contribution in [0.25, 0.3) is 0 Å². The average Bonchev–Trinajstić information content (AvgIpc) is 2.39. The molecule has 136 valence electrons. The van der Waals surface area contributed by atoms with E-state index in [9.17, 15) is 14.7 Å². The highest BCUT2D eigenvalue weighted by Gasteiger charge is 2.28. The van der Waals surface area contributed by atoms with Crippen LogP contribution in [-0.2, 0) is 9.53 Å². The zero-order chi connectivity index (χ0) is 18.0. The molecule has 0 spiro atoms. The van der Waals surface area contributed by atoms with Gasteiger partial charge < -0.3 is 25.4 Å². The molecule has 1 amide bonds. The maximum absolute atomic E-state index is 12.0. The molecule has 0 saturated heterocycles. The van der Waals surface area contributed by atoms with Gasteiger partial charge in [0, 0.05) is 6.42 Å². The molecule has 7 heteroatoms. The fraction of sp³-hybridized carbons (Fsp3) is 0.875. The first-order valence-electron chi connectivity index (χ1n) is 8.13. The van der Waals surface area contributed by atoms with Crippen molar-refractivity contribution >= 4 is 11.9 Å². The minimum Gasteiger partial charge on any atom is -0.444 e. The molecule has 0 aliphatic rings. The maximum Gasteiger partial charge on any atom is 0.407 e. The van der Waals surface area contributed by atoms with Crippen LogP contribution < -0.4 is 5.32 Å². The number of ether oxygens (including phenoxy) is 1. The number of alkyl carbamates (subject to hydrolysis) is 1. The lowest BCUT2D eigenvalue weighted by Crippen LogP contribution is -2.48. The summed E-state index contributed by atoms with van der Waals surface area (Å²) in [5.74, 6) is -0.369. The highest BCUT2D eigenvalue weighted by atomic mass is 16.6. The van der Waals surface area contributed by atoms with Crippen molar-refractivity contribution in [3.05, 3.63) is 0 Å². The molecular weight excluding hydrogens is 302 g/mol. The van der Waals surface area contributed by atoms with Crippen LogP contribution in [-0.4, -0.2) is 51.2 Å². The minimum absolute atomic E-state index is 0.129. The largest absolute Gasteiger partial charge is 0.444 e. The van der Waals surface area contributed by atoms with E-state index in [-0.39, 0.29) is 18.6 Å². The minimum atomic E-state index is -1.38. The molecule has 0 saturated carbocycles. The quantitative estimate of drug-likeness (QED) is 0.355. The summed E-state index contributed by atoms with van der Waals surface area (Å²) in [5.41, 5.74) is -0.652. The SMILES string of the molecule is CCCC(NC(=O)OC(C)(C)C)C(O)C(=O)CCCCC(O)O. The van der Waals surface area contributed by atoms with Crippen molar-refractivity contribution in [2.75, 3.05) is 0 Å². The van der Waals surface area contributed by atoms with Crippen molar-refractivity contribution in [3.63, 3.8) is 0 Å². The van der Waals surface area contributed by atoms with Gasteiger partial charge in [0.1, 0.15) is 11.7 Å². The molecule has 2 atom stereocenters. The third kappa shape index (κ3) is 11.1. The molecule has 0 fully saturated rings. The molecule has 0 bridgehead atoms. The number of aliphatic hydroxyl groups excluding tert-OH is 2. The van der Waals surface area contributed by atoms with E-state index in [0.29, 0.717) is 25.7 Å². The molecular formula is C16H31NO6. The van der Waals surface area contributed by atoms with E-state index >= 15 is 0 Å². The number of rotatable bonds is 10. The van der Waals surface area contributed by atoms with Gasteiger partial charge in [0.15, 0.2) is 12.1 Å². The van der Waals surface area contributed by atoms with Crippen molar-refractivity contribution in [1.82, 2.24) is 5.32 Å². The van der Waals surface area contributed by atoms with Gasteiger partial charge in [-0.05, 0) is 46.5 Å². The van der Waals surface area contributed by atoms with E-state index in [0.717, 1.165) is 0 Å². The fourth-order valence-corrected chi connectivity index (χ4v) is 2.08. The second-order valence-electron chi connectivity index (χ2n) is 6.68. The van der Waals surface area contributed by atoms with Gasteiger partial charge in [-0.25, -0.2) is 4.79 Å². The Labute approximate surface area is 138 Å². The lowest BCUT2D eigenvalue weighted by Gasteiger charge is -2.26. The van der Waals surface area contributed by atoms with E-state index in [4.69, 9.17) is 14.9 Å². The molecule has 23 heavy (non-hydrogen) atoms. The lowest BCUT2D eigenvalue weighted by molar-refractivity contribution is -0.128. The van der Waals surface area contributed by atoms with E-state index < -0.39 is 30.1 Å².